The largest absolute Gasteiger partial charge is 0.365 e. The number of para-hydroxylation sites is 1. The van der Waals surface area contributed by atoms with E-state index >= 15 is 0 Å². The van der Waals surface area contributed by atoms with Crippen molar-refractivity contribution in [2.45, 2.75) is 6.54 Å². The number of nitrogens with zero attached hydrogens (tertiary/aromatic N) is 2. The fourth-order valence-electron chi connectivity index (χ4n) is 2.18. The second kappa shape index (κ2) is 7.73. The molecule has 0 unspecified atom stereocenters. The molecule has 3 aromatic rings. The lowest BCUT2D eigenvalue weighted by atomic mass is 10.2. The van der Waals surface area contributed by atoms with Crippen LogP contribution < -0.4 is 16.2 Å². The van der Waals surface area contributed by atoms with Crippen molar-refractivity contribution in [1.29, 1.82) is 0 Å². The number of benzene rings is 2. The van der Waals surface area contributed by atoms with E-state index in [9.17, 15) is 4.79 Å². The Balaban J connectivity index is 1.72. The minimum absolute atomic E-state index is 0.372. The lowest BCUT2D eigenvalue weighted by Gasteiger charge is -2.13. The average Bonchev–Trinajstić information content (AvgIpc) is 2.66. The Bertz CT molecular complexity index is 731. The SMILES string of the molecule is O=Cc1c(NCc2ccccc2)ncnc1NNc1ccccc1. The van der Waals surface area contributed by atoms with Crippen LogP contribution in [0.25, 0.3) is 0 Å². The smallest absolute Gasteiger partial charge is 0.160 e. The van der Waals surface area contributed by atoms with E-state index in [2.05, 4.69) is 26.1 Å². The summed E-state index contributed by atoms with van der Waals surface area (Å²) in [7, 11) is 0. The second-order valence-corrected chi connectivity index (χ2v) is 5.06. The number of anilines is 3. The van der Waals surface area contributed by atoms with Crippen molar-refractivity contribution >= 4 is 23.6 Å². The summed E-state index contributed by atoms with van der Waals surface area (Å²) in [5.41, 5.74) is 8.30. The van der Waals surface area contributed by atoms with E-state index in [4.69, 9.17) is 0 Å². The molecule has 0 saturated heterocycles. The minimum atomic E-state index is 0.372. The molecule has 0 fully saturated rings. The summed E-state index contributed by atoms with van der Waals surface area (Å²) < 4.78 is 0. The summed E-state index contributed by atoms with van der Waals surface area (Å²) in [6, 6.07) is 19.5. The van der Waals surface area contributed by atoms with E-state index in [1.807, 2.05) is 60.7 Å². The molecule has 0 atom stereocenters. The molecule has 0 saturated carbocycles. The molecule has 0 radical (unpaired) electrons. The van der Waals surface area contributed by atoms with Crippen molar-refractivity contribution in [2.24, 2.45) is 0 Å². The number of hydrogen-bond donors (Lipinski definition) is 3. The van der Waals surface area contributed by atoms with Gasteiger partial charge in [0.1, 0.15) is 17.7 Å². The second-order valence-electron chi connectivity index (χ2n) is 5.06. The predicted molar refractivity (Wildman–Crippen MR) is 94.9 cm³/mol. The third-order valence-electron chi connectivity index (χ3n) is 3.40. The first-order valence-corrected chi connectivity index (χ1v) is 7.52. The van der Waals surface area contributed by atoms with Gasteiger partial charge in [-0.25, -0.2) is 9.97 Å². The molecule has 0 aliphatic rings. The van der Waals surface area contributed by atoms with Gasteiger partial charge in [0.15, 0.2) is 12.1 Å². The van der Waals surface area contributed by atoms with Crippen LogP contribution >= 0.6 is 0 Å². The lowest BCUT2D eigenvalue weighted by Crippen LogP contribution is -2.14. The molecule has 0 aliphatic heterocycles. The molecular formula is C18H17N5O. The van der Waals surface area contributed by atoms with Gasteiger partial charge in [-0.3, -0.25) is 15.6 Å². The fourth-order valence-corrected chi connectivity index (χ4v) is 2.18. The Morgan fingerprint density at radius 3 is 2.21 bits per heavy atom. The Kier molecular flexibility index (Phi) is 4.99. The number of aldehydes is 1. The van der Waals surface area contributed by atoms with E-state index in [1.54, 1.807) is 0 Å². The van der Waals surface area contributed by atoms with Crippen LogP contribution in [0, 0.1) is 0 Å². The molecule has 3 rings (SSSR count). The highest BCUT2D eigenvalue weighted by molar-refractivity contribution is 5.89. The van der Waals surface area contributed by atoms with Gasteiger partial charge in [-0.05, 0) is 17.7 Å². The summed E-state index contributed by atoms with van der Waals surface area (Å²) in [6.45, 7) is 0.574. The van der Waals surface area contributed by atoms with E-state index in [0.717, 1.165) is 17.5 Å². The van der Waals surface area contributed by atoms with Crippen molar-refractivity contribution in [3.63, 3.8) is 0 Å². The highest BCUT2D eigenvalue weighted by Crippen LogP contribution is 2.18. The quantitative estimate of drug-likeness (QED) is 0.458. The summed E-state index contributed by atoms with van der Waals surface area (Å²) in [6.07, 6.45) is 2.15. The zero-order valence-corrected chi connectivity index (χ0v) is 12.9. The van der Waals surface area contributed by atoms with E-state index < -0.39 is 0 Å². The molecule has 24 heavy (non-hydrogen) atoms. The normalized spacial score (nSPS) is 10.0. The van der Waals surface area contributed by atoms with Gasteiger partial charge in [-0.15, -0.1) is 0 Å². The van der Waals surface area contributed by atoms with Crippen molar-refractivity contribution < 1.29 is 4.79 Å². The molecule has 6 nitrogen and oxygen atoms in total. The lowest BCUT2D eigenvalue weighted by molar-refractivity contribution is 0.112. The van der Waals surface area contributed by atoms with Crippen molar-refractivity contribution in [3.8, 4) is 0 Å². The number of aromatic nitrogens is 2. The van der Waals surface area contributed by atoms with Crippen LogP contribution in [-0.2, 0) is 6.54 Å². The highest BCUT2D eigenvalue weighted by Gasteiger charge is 2.10. The topological polar surface area (TPSA) is 78.9 Å². The molecule has 3 N–H and O–H groups in total. The van der Waals surface area contributed by atoms with E-state index in [0.29, 0.717) is 23.7 Å². The van der Waals surface area contributed by atoms with Crippen molar-refractivity contribution in [1.82, 2.24) is 9.97 Å². The van der Waals surface area contributed by atoms with Crippen LogP contribution in [0.4, 0.5) is 17.3 Å². The summed E-state index contributed by atoms with van der Waals surface area (Å²) in [4.78, 5) is 19.8. The number of hydrogen-bond acceptors (Lipinski definition) is 6. The predicted octanol–water partition coefficient (Wildman–Crippen LogP) is 3.34. The maximum absolute atomic E-state index is 11.5. The first-order chi connectivity index (χ1) is 11.9. The van der Waals surface area contributed by atoms with Gasteiger partial charge in [0.05, 0.1) is 5.69 Å². The van der Waals surface area contributed by atoms with Gasteiger partial charge in [0.2, 0.25) is 0 Å². The molecule has 2 aromatic carbocycles. The van der Waals surface area contributed by atoms with Crippen LogP contribution in [0.5, 0.6) is 0 Å². The first kappa shape index (κ1) is 15.5. The number of nitrogens with one attached hydrogen (secondary N) is 3. The standard InChI is InChI=1S/C18H17N5O/c24-12-16-17(19-11-14-7-3-1-4-8-14)20-13-21-18(16)23-22-15-9-5-2-6-10-15/h1-10,12-13,22H,11H2,(H2,19,20,21,23). The van der Waals surface area contributed by atoms with E-state index in [1.165, 1.54) is 6.33 Å². The Hall–Kier alpha value is -3.41. The number of rotatable bonds is 7. The molecule has 120 valence electrons. The summed E-state index contributed by atoms with van der Waals surface area (Å²) in [5, 5.41) is 3.17. The van der Waals surface area contributed by atoms with Crippen LogP contribution in [0.2, 0.25) is 0 Å². The third kappa shape index (κ3) is 3.86. The summed E-state index contributed by atoms with van der Waals surface area (Å²) in [5.74, 6) is 0.903. The molecule has 1 aromatic heterocycles. The number of hydrazine groups is 1. The molecule has 6 heteroatoms. The monoisotopic (exact) mass is 319 g/mol. The molecule has 0 spiro atoms. The van der Waals surface area contributed by atoms with Gasteiger partial charge in [-0.1, -0.05) is 48.5 Å². The Labute approximate surface area is 139 Å². The van der Waals surface area contributed by atoms with Crippen LogP contribution in [0.1, 0.15) is 15.9 Å². The summed E-state index contributed by atoms with van der Waals surface area (Å²) >= 11 is 0. The van der Waals surface area contributed by atoms with Gasteiger partial charge < -0.3 is 5.32 Å². The zero-order chi connectivity index (χ0) is 16.6. The van der Waals surface area contributed by atoms with Crippen LogP contribution in [-0.4, -0.2) is 16.3 Å². The molecule has 1 heterocycles. The van der Waals surface area contributed by atoms with Crippen LogP contribution in [0.3, 0.4) is 0 Å². The van der Waals surface area contributed by atoms with Gasteiger partial charge >= 0.3 is 0 Å². The van der Waals surface area contributed by atoms with Gasteiger partial charge in [0.25, 0.3) is 0 Å². The minimum Gasteiger partial charge on any atom is -0.365 e. The molecule has 0 bridgehead atoms. The fraction of sp³-hybridized carbons (Fsp3) is 0.0556. The van der Waals surface area contributed by atoms with E-state index in [-0.39, 0.29) is 0 Å². The average molecular weight is 319 g/mol. The third-order valence-corrected chi connectivity index (χ3v) is 3.40. The maximum atomic E-state index is 11.5. The van der Waals surface area contributed by atoms with Crippen LogP contribution in [0.15, 0.2) is 67.0 Å². The molecule has 0 aliphatic carbocycles. The van der Waals surface area contributed by atoms with Crippen molar-refractivity contribution in [2.75, 3.05) is 16.2 Å². The molecular weight excluding hydrogens is 302 g/mol. The number of carbonyl (C=O) groups is 1. The van der Waals surface area contributed by atoms with Crippen molar-refractivity contribution in [3.05, 3.63) is 78.1 Å². The van der Waals surface area contributed by atoms with Gasteiger partial charge in [0, 0.05) is 6.54 Å². The highest BCUT2D eigenvalue weighted by atomic mass is 16.1. The number of carbonyl (C=O) groups excluding carboxylic acids is 1. The Morgan fingerprint density at radius 2 is 1.50 bits per heavy atom. The zero-order valence-electron chi connectivity index (χ0n) is 12.9. The molecule has 0 amide bonds. The van der Waals surface area contributed by atoms with Gasteiger partial charge in [-0.2, -0.15) is 0 Å². The first-order valence-electron chi connectivity index (χ1n) is 7.52. The Morgan fingerprint density at radius 1 is 0.833 bits per heavy atom. The maximum Gasteiger partial charge on any atom is 0.160 e.